The molecule has 25 heavy (non-hydrogen) atoms. The normalized spacial score (nSPS) is 14.3. The Bertz CT molecular complexity index is 679. The maximum absolute atomic E-state index is 12.3. The van der Waals surface area contributed by atoms with E-state index in [1.165, 1.54) is 11.4 Å². The van der Waals surface area contributed by atoms with Crippen molar-refractivity contribution >= 4 is 17.4 Å². The molecule has 0 spiro atoms. The molecule has 0 atom stereocenters. The Labute approximate surface area is 149 Å². The van der Waals surface area contributed by atoms with Gasteiger partial charge in [0.05, 0.1) is 0 Å². The Morgan fingerprint density at radius 2 is 1.68 bits per heavy atom. The molecule has 2 aromatic rings. The van der Waals surface area contributed by atoms with Gasteiger partial charge in [0.2, 0.25) is 0 Å². The number of nitrogens with one attached hydrogen (secondary N) is 1. The largest absolute Gasteiger partial charge is 0.378 e. The van der Waals surface area contributed by atoms with Crippen LogP contribution >= 0.6 is 0 Å². The van der Waals surface area contributed by atoms with Crippen molar-refractivity contribution in [3.63, 3.8) is 0 Å². The number of nitrogens with zero attached hydrogens (tertiary/aromatic N) is 4. The molecular weight excluding hydrogens is 314 g/mol. The minimum atomic E-state index is -0.000539. The highest BCUT2D eigenvalue weighted by molar-refractivity contribution is 5.74. The van der Waals surface area contributed by atoms with Crippen molar-refractivity contribution in [3.05, 3.63) is 54.4 Å². The third kappa shape index (κ3) is 4.41. The van der Waals surface area contributed by atoms with Crippen molar-refractivity contribution in [1.82, 2.24) is 15.2 Å². The highest BCUT2D eigenvalue weighted by Gasteiger charge is 2.21. The van der Waals surface area contributed by atoms with Crippen LogP contribution in [0.5, 0.6) is 0 Å². The van der Waals surface area contributed by atoms with Gasteiger partial charge in [-0.15, -0.1) is 0 Å². The van der Waals surface area contributed by atoms with Gasteiger partial charge in [-0.2, -0.15) is 0 Å². The van der Waals surface area contributed by atoms with E-state index in [1.54, 1.807) is 12.4 Å². The van der Waals surface area contributed by atoms with Crippen LogP contribution in [-0.4, -0.2) is 56.2 Å². The van der Waals surface area contributed by atoms with Gasteiger partial charge in [0.25, 0.3) is 0 Å². The van der Waals surface area contributed by atoms with E-state index < -0.39 is 0 Å². The number of aromatic nitrogens is 1. The molecule has 1 aliphatic rings. The topological polar surface area (TPSA) is 51.7 Å². The van der Waals surface area contributed by atoms with Crippen molar-refractivity contribution in [2.75, 3.05) is 50.1 Å². The van der Waals surface area contributed by atoms with Crippen molar-refractivity contribution in [3.8, 4) is 0 Å². The maximum atomic E-state index is 12.3. The number of carbonyl (C=O) groups is 1. The van der Waals surface area contributed by atoms with Crippen LogP contribution in [0.1, 0.15) is 5.56 Å². The Kier molecular flexibility index (Phi) is 5.38. The molecule has 0 radical (unpaired) electrons. The number of hydrogen-bond donors (Lipinski definition) is 1. The zero-order valence-corrected chi connectivity index (χ0v) is 14.9. The Morgan fingerprint density at radius 3 is 2.28 bits per heavy atom. The van der Waals surface area contributed by atoms with Gasteiger partial charge in [0.1, 0.15) is 0 Å². The van der Waals surface area contributed by atoms with Crippen LogP contribution < -0.4 is 15.1 Å². The molecule has 0 unspecified atom stereocenters. The fourth-order valence-corrected chi connectivity index (χ4v) is 2.92. The summed E-state index contributed by atoms with van der Waals surface area (Å²) >= 11 is 0. The van der Waals surface area contributed by atoms with Crippen LogP contribution in [0.25, 0.3) is 0 Å². The van der Waals surface area contributed by atoms with Gasteiger partial charge in [-0.25, -0.2) is 4.79 Å². The van der Waals surface area contributed by atoms with E-state index in [2.05, 4.69) is 44.4 Å². The Morgan fingerprint density at radius 1 is 1.04 bits per heavy atom. The zero-order chi connectivity index (χ0) is 17.6. The monoisotopic (exact) mass is 339 g/mol. The summed E-state index contributed by atoms with van der Waals surface area (Å²) in [5.41, 5.74) is 3.46. The molecule has 0 bridgehead atoms. The summed E-state index contributed by atoms with van der Waals surface area (Å²) in [6, 6.07) is 12.4. The first-order chi connectivity index (χ1) is 12.1. The summed E-state index contributed by atoms with van der Waals surface area (Å²) in [4.78, 5) is 22.6. The fraction of sp³-hybridized carbons (Fsp3) is 0.368. The minimum absolute atomic E-state index is 0.000539. The molecule has 3 rings (SSSR count). The highest BCUT2D eigenvalue weighted by atomic mass is 16.2. The minimum Gasteiger partial charge on any atom is -0.378 e. The average Bonchev–Trinajstić information content (AvgIpc) is 2.67. The second kappa shape index (κ2) is 7.88. The lowest BCUT2D eigenvalue weighted by atomic mass is 10.2. The molecule has 1 saturated heterocycles. The van der Waals surface area contributed by atoms with Gasteiger partial charge in [-0.3, -0.25) is 4.98 Å². The SMILES string of the molecule is CN(C)c1ccc(N2CCN(C(=O)NCc3ccncc3)CC2)cc1. The van der Waals surface area contributed by atoms with Crippen molar-refractivity contribution in [2.24, 2.45) is 0 Å². The number of pyridine rings is 1. The molecule has 132 valence electrons. The Balaban J connectivity index is 1.48. The lowest BCUT2D eigenvalue weighted by Gasteiger charge is -2.36. The molecule has 1 aromatic heterocycles. The molecule has 2 heterocycles. The van der Waals surface area contributed by atoms with E-state index in [1.807, 2.05) is 31.1 Å². The summed E-state index contributed by atoms with van der Waals surface area (Å²) in [7, 11) is 4.08. The highest BCUT2D eigenvalue weighted by Crippen LogP contribution is 2.20. The summed E-state index contributed by atoms with van der Waals surface area (Å²) in [5.74, 6) is 0. The number of benzene rings is 1. The van der Waals surface area contributed by atoms with Crippen LogP contribution in [0.4, 0.5) is 16.2 Å². The molecule has 6 nitrogen and oxygen atoms in total. The number of piperazine rings is 1. The van der Waals surface area contributed by atoms with Gasteiger partial charge < -0.3 is 20.0 Å². The lowest BCUT2D eigenvalue weighted by molar-refractivity contribution is 0.194. The molecule has 1 fully saturated rings. The number of amides is 2. The van der Waals surface area contributed by atoms with Crippen LogP contribution in [-0.2, 0) is 6.54 Å². The van der Waals surface area contributed by atoms with E-state index >= 15 is 0 Å². The smallest absolute Gasteiger partial charge is 0.317 e. The van der Waals surface area contributed by atoms with Crippen molar-refractivity contribution in [2.45, 2.75) is 6.54 Å². The third-order valence-corrected chi connectivity index (χ3v) is 4.49. The predicted molar refractivity (Wildman–Crippen MR) is 101 cm³/mol. The number of anilines is 2. The zero-order valence-electron chi connectivity index (χ0n) is 14.9. The molecule has 0 saturated carbocycles. The van der Waals surface area contributed by atoms with Crippen LogP contribution in [0.3, 0.4) is 0 Å². The molecular formula is C19H25N5O. The summed E-state index contributed by atoms with van der Waals surface area (Å²) < 4.78 is 0. The van der Waals surface area contributed by atoms with Crippen LogP contribution in [0.15, 0.2) is 48.8 Å². The molecule has 1 N–H and O–H groups in total. The second-order valence-corrected chi connectivity index (χ2v) is 6.40. The summed E-state index contributed by atoms with van der Waals surface area (Å²) in [5, 5.41) is 2.98. The van der Waals surface area contributed by atoms with Crippen molar-refractivity contribution in [1.29, 1.82) is 0 Å². The first-order valence-electron chi connectivity index (χ1n) is 8.57. The van der Waals surface area contributed by atoms with E-state index in [9.17, 15) is 4.79 Å². The second-order valence-electron chi connectivity index (χ2n) is 6.40. The van der Waals surface area contributed by atoms with Gasteiger partial charge in [0.15, 0.2) is 0 Å². The first-order valence-corrected chi connectivity index (χ1v) is 8.57. The van der Waals surface area contributed by atoms with Crippen molar-refractivity contribution < 1.29 is 4.79 Å². The van der Waals surface area contributed by atoms with Gasteiger partial charge in [0, 0.05) is 70.6 Å². The van der Waals surface area contributed by atoms with E-state index in [-0.39, 0.29) is 6.03 Å². The van der Waals surface area contributed by atoms with Crippen LogP contribution in [0, 0.1) is 0 Å². The number of hydrogen-bond acceptors (Lipinski definition) is 4. The molecule has 2 amide bonds. The first kappa shape index (κ1) is 17.1. The number of rotatable bonds is 4. The van der Waals surface area contributed by atoms with Gasteiger partial charge in [-0.1, -0.05) is 0 Å². The molecule has 1 aromatic carbocycles. The predicted octanol–water partition coefficient (Wildman–Crippen LogP) is 2.18. The quantitative estimate of drug-likeness (QED) is 0.928. The van der Waals surface area contributed by atoms with E-state index in [4.69, 9.17) is 0 Å². The van der Waals surface area contributed by atoms with E-state index in [0.29, 0.717) is 6.54 Å². The summed E-state index contributed by atoms with van der Waals surface area (Å²) in [6.45, 7) is 3.71. The molecule has 0 aliphatic carbocycles. The van der Waals surface area contributed by atoms with E-state index in [0.717, 1.165) is 31.7 Å². The third-order valence-electron chi connectivity index (χ3n) is 4.49. The molecule has 1 aliphatic heterocycles. The average molecular weight is 339 g/mol. The number of urea groups is 1. The van der Waals surface area contributed by atoms with Gasteiger partial charge in [-0.05, 0) is 42.0 Å². The lowest BCUT2D eigenvalue weighted by Crippen LogP contribution is -2.51. The summed E-state index contributed by atoms with van der Waals surface area (Å²) in [6.07, 6.45) is 3.48. The maximum Gasteiger partial charge on any atom is 0.317 e. The molecule has 6 heteroatoms. The Hall–Kier alpha value is -2.76. The number of carbonyl (C=O) groups excluding carboxylic acids is 1. The standard InChI is InChI=1S/C19H25N5O/c1-22(2)17-3-5-18(6-4-17)23-11-13-24(14-12-23)19(25)21-15-16-7-9-20-10-8-16/h3-10H,11-15H2,1-2H3,(H,21,25). The fourth-order valence-electron chi connectivity index (χ4n) is 2.92. The van der Waals surface area contributed by atoms with Crippen LogP contribution in [0.2, 0.25) is 0 Å². The van der Waals surface area contributed by atoms with Gasteiger partial charge >= 0.3 is 6.03 Å².